The molecular weight excluding hydrogens is 232 g/mol. The van der Waals surface area contributed by atoms with Crippen molar-refractivity contribution in [1.29, 1.82) is 0 Å². The van der Waals surface area contributed by atoms with Crippen molar-refractivity contribution in [3.05, 3.63) is 34.9 Å². The minimum Gasteiger partial charge on any atom is -0.314 e. The van der Waals surface area contributed by atoms with Crippen LogP contribution in [-0.2, 0) is 0 Å². The Morgan fingerprint density at radius 3 is 2.82 bits per heavy atom. The quantitative estimate of drug-likeness (QED) is 0.824. The highest BCUT2D eigenvalue weighted by Crippen LogP contribution is 2.31. The van der Waals surface area contributed by atoms with Crippen LogP contribution in [0.1, 0.15) is 24.3 Å². The predicted molar refractivity (Wildman–Crippen MR) is 71.7 cm³/mol. The van der Waals surface area contributed by atoms with Crippen molar-refractivity contribution in [3.63, 3.8) is 0 Å². The van der Waals surface area contributed by atoms with Crippen LogP contribution >= 0.6 is 11.6 Å². The van der Waals surface area contributed by atoms with Gasteiger partial charge in [-0.25, -0.2) is 0 Å². The van der Waals surface area contributed by atoms with Crippen molar-refractivity contribution in [2.45, 2.75) is 24.8 Å². The molecule has 0 spiro atoms. The Balaban J connectivity index is 1.71. The Morgan fingerprint density at radius 2 is 2.00 bits per heavy atom. The zero-order chi connectivity index (χ0) is 11.7. The maximum atomic E-state index is 5.94. The molecule has 2 aliphatic heterocycles. The number of halogens is 1. The molecule has 2 aliphatic rings. The fourth-order valence-corrected chi connectivity index (χ4v) is 3.23. The molecule has 92 valence electrons. The second kappa shape index (κ2) is 4.97. The van der Waals surface area contributed by atoms with Gasteiger partial charge in [0.2, 0.25) is 0 Å². The second-order valence-corrected chi connectivity index (χ2v) is 5.62. The fraction of sp³-hybridized carbons (Fsp3) is 0.571. The standard InChI is InChI=1S/C14H19ClN2/c15-13-4-1-11(2-5-13)12-3-6-14-9-16-7-8-17(14)10-12/h1-2,4-5,12,14,16H,3,6-10H2/t12-,14+/m0/s1. The molecule has 0 amide bonds. The summed E-state index contributed by atoms with van der Waals surface area (Å²) in [6, 6.07) is 9.18. The van der Waals surface area contributed by atoms with Crippen LogP contribution in [0.25, 0.3) is 0 Å². The highest BCUT2D eigenvalue weighted by atomic mass is 35.5. The van der Waals surface area contributed by atoms with Gasteiger partial charge < -0.3 is 5.32 Å². The van der Waals surface area contributed by atoms with Crippen molar-refractivity contribution in [2.75, 3.05) is 26.2 Å². The zero-order valence-corrected chi connectivity index (χ0v) is 10.8. The van der Waals surface area contributed by atoms with E-state index in [0.717, 1.165) is 17.6 Å². The van der Waals surface area contributed by atoms with Crippen molar-refractivity contribution in [1.82, 2.24) is 10.2 Å². The normalized spacial score (nSPS) is 29.9. The number of nitrogens with zero attached hydrogens (tertiary/aromatic N) is 1. The molecule has 0 bridgehead atoms. The van der Waals surface area contributed by atoms with E-state index in [9.17, 15) is 0 Å². The smallest absolute Gasteiger partial charge is 0.0406 e. The monoisotopic (exact) mass is 250 g/mol. The minimum atomic E-state index is 0.696. The molecule has 0 unspecified atom stereocenters. The third kappa shape index (κ3) is 2.49. The van der Waals surface area contributed by atoms with Crippen LogP contribution in [0.5, 0.6) is 0 Å². The number of fused-ring (bicyclic) bond motifs is 1. The number of benzene rings is 1. The van der Waals surface area contributed by atoms with E-state index in [1.165, 1.54) is 38.0 Å². The van der Waals surface area contributed by atoms with E-state index in [1.807, 2.05) is 12.1 Å². The summed E-state index contributed by atoms with van der Waals surface area (Å²) in [4.78, 5) is 2.65. The van der Waals surface area contributed by atoms with Crippen LogP contribution in [0.3, 0.4) is 0 Å². The van der Waals surface area contributed by atoms with Crippen LogP contribution in [0.2, 0.25) is 5.02 Å². The fourth-order valence-electron chi connectivity index (χ4n) is 3.10. The van der Waals surface area contributed by atoms with Gasteiger partial charge in [0.1, 0.15) is 0 Å². The Morgan fingerprint density at radius 1 is 1.18 bits per heavy atom. The minimum absolute atomic E-state index is 0.696. The highest BCUT2D eigenvalue weighted by Gasteiger charge is 2.30. The molecule has 2 saturated heterocycles. The summed E-state index contributed by atoms with van der Waals surface area (Å²) in [6.07, 6.45) is 2.63. The van der Waals surface area contributed by atoms with E-state index in [2.05, 4.69) is 22.3 Å². The Hall–Kier alpha value is -0.570. The van der Waals surface area contributed by atoms with Crippen molar-refractivity contribution in [2.24, 2.45) is 0 Å². The molecule has 17 heavy (non-hydrogen) atoms. The van der Waals surface area contributed by atoms with Gasteiger partial charge in [-0.3, -0.25) is 4.90 Å². The lowest BCUT2D eigenvalue weighted by Gasteiger charge is -2.43. The number of piperazine rings is 1. The van der Waals surface area contributed by atoms with Gasteiger partial charge in [0.05, 0.1) is 0 Å². The predicted octanol–water partition coefficient (Wildman–Crippen LogP) is 2.49. The summed E-state index contributed by atoms with van der Waals surface area (Å²) in [7, 11) is 0. The maximum absolute atomic E-state index is 5.94. The molecule has 0 saturated carbocycles. The van der Waals surface area contributed by atoms with Gasteiger partial charge in [-0.05, 0) is 36.5 Å². The number of hydrogen-bond donors (Lipinski definition) is 1. The van der Waals surface area contributed by atoms with Crippen molar-refractivity contribution >= 4 is 11.6 Å². The van der Waals surface area contributed by atoms with E-state index >= 15 is 0 Å². The van der Waals surface area contributed by atoms with E-state index in [-0.39, 0.29) is 0 Å². The van der Waals surface area contributed by atoms with E-state index in [4.69, 9.17) is 11.6 Å². The summed E-state index contributed by atoms with van der Waals surface area (Å²) in [5, 5.41) is 4.32. The third-order valence-corrected chi connectivity index (χ3v) is 4.37. The SMILES string of the molecule is Clc1ccc([C@H]2CC[C@@H]3CNCCN3C2)cc1. The van der Waals surface area contributed by atoms with Crippen molar-refractivity contribution < 1.29 is 0 Å². The molecule has 1 N–H and O–H groups in total. The molecule has 0 radical (unpaired) electrons. The van der Waals surface area contributed by atoms with Gasteiger partial charge in [0.15, 0.2) is 0 Å². The van der Waals surface area contributed by atoms with E-state index in [0.29, 0.717) is 5.92 Å². The molecule has 0 aromatic heterocycles. The summed E-state index contributed by atoms with van der Waals surface area (Å²) in [5.74, 6) is 0.696. The largest absolute Gasteiger partial charge is 0.314 e. The van der Waals surface area contributed by atoms with Crippen LogP contribution in [0.4, 0.5) is 0 Å². The summed E-state index contributed by atoms with van der Waals surface area (Å²) < 4.78 is 0. The first-order chi connectivity index (χ1) is 8.33. The number of rotatable bonds is 1. The Kier molecular flexibility index (Phi) is 3.37. The number of hydrogen-bond acceptors (Lipinski definition) is 2. The summed E-state index contributed by atoms with van der Waals surface area (Å²) >= 11 is 5.94. The second-order valence-electron chi connectivity index (χ2n) is 5.18. The molecule has 2 heterocycles. The van der Waals surface area contributed by atoms with Gasteiger partial charge >= 0.3 is 0 Å². The average molecular weight is 251 g/mol. The highest BCUT2D eigenvalue weighted by molar-refractivity contribution is 6.30. The van der Waals surface area contributed by atoms with E-state index < -0.39 is 0 Å². The van der Waals surface area contributed by atoms with Crippen LogP contribution in [-0.4, -0.2) is 37.1 Å². The maximum Gasteiger partial charge on any atom is 0.0406 e. The van der Waals surface area contributed by atoms with Crippen LogP contribution in [0, 0.1) is 0 Å². The summed E-state index contributed by atoms with van der Waals surface area (Å²) in [5.41, 5.74) is 1.45. The lowest BCUT2D eigenvalue weighted by Crippen LogP contribution is -2.54. The molecule has 3 rings (SSSR count). The molecule has 1 aromatic carbocycles. The van der Waals surface area contributed by atoms with Gasteiger partial charge in [0, 0.05) is 37.2 Å². The first kappa shape index (κ1) is 11.5. The van der Waals surface area contributed by atoms with Crippen LogP contribution in [0.15, 0.2) is 24.3 Å². The molecule has 1 aromatic rings. The average Bonchev–Trinajstić information content (AvgIpc) is 2.39. The topological polar surface area (TPSA) is 15.3 Å². The molecule has 2 fully saturated rings. The van der Waals surface area contributed by atoms with Gasteiger partial charge in [-0.1, -0.05) is 23.7 Å². The Bertz CT molecular complexity index is 376. The molecule has 3 heteroatoms. The lowest BCUT2D eigenvalue weighted by molar-refractivity contribution is 0.107. The Labute approximate surface area is 108 Å². The lowest BCUT2D eigenvalue weighted by atomic mass is 9.86. The first-order valence-corrected chi connectivity index (χ1v) is 6.91. The van der Waals surface area contributed by atoms with E-state index in [1.54, 1.807) is 0 Å². The summed E-state index contributed by atoms with van der Waals surface area (Å²) in [6.45, 7) is 4.74. The van der Waals surface area contributed by atoms with Gasteiger partial charge in [-0.15, -0.1) is 0 Å². The van der Waals surface area contributed by atoms with Crippen LogP contribution < -0.4 is 5.32 Å². The van der Waals surface area contributed by atoms with Gasteiger partial charge in [-0.2, -0.15) is 0 Å². The first-order valence-electron chi connectivity index (χ1n) is 6.53. The number of piperidine rings is 1. The van der Waals surface area contributed by atoms with Gasteiger partial charge in [0.25, 0.3) is 0 Å². The molecule has 0 aliphatic carbocycles. The third-order valence-electron chi connectivity index (χ3n) is 4.12. The molecular formula is C14H19ClN2. The molecule has 2 atom stereocenters. The number of nitrogens with one attached hydrogen (secondary N) is 1. The molecule has 2 nitrogen and oxygen atoms in total. The van der Waals surface area contributed by atoms with Crippen molar-refractivity contribution in [3.8, 4) is 0 Å². The zero-order valence-electron chi connectivity index (χ0n) is 10.0.